The number of carboxylic acids is 1. The molecule has 0 aliphatic rings. The van der Waals surface area contributed by atoms with Crippen LogP contribution in [0, 0.1) is 6.92 Å². The average Bonchev–Trinajstić information content (AvgIpc) is 3.09. The van der Waals surface area contributed by atoms with Crippen LogP contribution in [0.2, 0.25) is 0 Å². The zero-order valence-electron chi connectivity index (χ0n) is 12.5. The van der Waals surface area contributed by atoms with Crippen molar-refractivity contribution in [2.45, 2.75) is 19.4 Å². The molecule has 3 rings (SSSR count). The smallest absolute Gasteiger partial charge is 0.338 e. The zero-order chi connectivity index (χ0) is 16.6. The van der Waals surface area contributed by atoms with Crippen molar-refractivity contribution in [1.29, 1.82) is 0 Å². The van der Waals surface area contributed by atoms with Crippen LogP contribution < -0.4 is 5.73 Å². The van der Waals surface area contributed by atoms with E-state index in [0.29, 0.717) is 5.69 Å². The van der Waals surface area contributed by atoms with E-state index in [2.05, 4.69) is 4.98 Å². The van der Waals surface area contributed by atoms with E-state index in [0.717, 1.165) is 16.6 Å². The molecule has 1 atom stereocenters. The maximum Gasteiger partial charge on any atom is 0.338 e. The molecule has 0 aliphatic heterocycles. The number of hydrogen-bond acceptors (Lipinski definition) is 4. The lowest BCUT2D eigenvalue weighted by Crippen LogP contribution is -2.34. The lowest BCUT2D eigenvalue weighted by atomic mass is 10.2. The number of carbonyl (C=O) groups is 2. The van der Waals surface area contributed by atoms with Gasteiger partial charge in [0.2, 0.25) is 0 Å². The molecule has 0 spiro atoms. The number of para-hydroxylation sites is 1. The molecule has 2 aromatic heterocycles. The van der Waals surface area contributed by atoms with Gasteiger partial charge < -0.3 is 10.8 Å². The highest BCUT2D eigenvalue weighted by molar-refractivity contribution is 5.94. The Balaban J connectivity index is 2.02. The molecule has 0 bridgehead atoms. The van der Waals surface area contributed by atoms with Crippen molar-refractivity contribution in [3.8, 4) is 0 Å². The van der Waals surface area contributed by atoms with Gasteiger partial charge in [0.25, 0.3) is 0 Å². The van der Waals surface area contributed by atoms with Crippen LogP contribution in [-0.2, 0) is 11.2 Å². The van der Waals surface area contributed by atoms with Gasteiger partial charge in [0, 0.05) is 29.4 Å². The Morgan fingerprint density at radius 3 is 2.83 bits per heavy atom. The minimum atomic E-state index is -1.12. The molecule has 7 heteroatoms. The summed E-state index contributed by atoms with van der Waals surface area (Å²) in [5, 5.41) is 9.90. The monoisotopic (exact) mass is 312 g/mol. The Morgan fingerprint density at radius 1 is 1.35 bits per heavy atom. The van der Waals surface area contributed by atoms with Gasteiger partial charge in [-0.05, 0) is 19.1 Å². The summed E-state index contributed by atoms with van der Waals surface area (Å²) in [7, 11) is 0. The first kappa shape index (κ1) is 15.0. The Labute approximate surface area is 132 Å². The number of nitrogens with two attached hydrogens (primary N) is 1. The summed E-state index contributed by atoms with van der Waals surface area (Å²) < 4.78 is 2.91. The summed E-state index contributed by atoms with van der Waals surface area (Å²) >= 11 is 0. The fourth-order valence-corrected chi connectivity index (χ4v) is 2.61. The number of imidazole rings is 1. The summed E-state index contributed by atoms with van der Waals surface area (Å²) in [5.41, 5.74) is 7.60. The fourth-order valence-electron chi connectivity index (χ4n) is 2.61. The summed E-state index contributed by atoms with van der Waals surface area (Å²) in [4.78, 5) is 27.7. The zero-order valence-corrected chi connectivity index (χ0v) is 12.5. The first-order valence-corrected chi connectivity index (χ1v) is 7.10. The van der Waals surface area contributed by atoms with Gasteiger partial charge in [-0.15, -0.1) is 0 Å². The number of nitrogens with zero attached hydrogens (tertiary/aromatic N) is 3. The van der Waals surface area contributed by atoms with E-state index in [1.54, 1.807) is 4.57 Å². The van der Waals surface area contributed by atoms with Crippen LogP contribution in [0.3, 0.4) is 0 Å². The van der Waals surface area contributed by atoms with E-state index < -0.39 is 12.0 Å². The molecule has 3 N–H and O–H groups in total. The molecule has 0 fully saturated rings. The molecule has 23 heavy (non-hydrogen) atoms. The van der Waals surface area contributed by atoms with E-state index in [4.69, 9.17) is 10.8 Å². The van der Waals surface area contributed by atoms with Crippen molar-refractivity contribution in [2.24, 2.45) is 5.73 Å². The predicted molar refractivity (Wildman–Crippen MR) is 84.4 cm³/mol. The lowest BCUT2D eigenvalue weighted by molar-refractivity contribution is -0.138. The lowest BCUT2D eigenvalue weighted by Gasteiger charge is -2.12. The molecule has 3 aromatic rings. The number of benzene rings is 1. The van der Waals surface area contributed by atoms with Gasteiger partial charge >= 0.3 is 12.0 Å². The first-order chi connectivity index (χ1) is 11.0. The largest absolute Gasteiger partial charge is 0.480 e. The van der Waals surface area contributed by atoms with Gasteiger partial charge in [0.05, 0.1) is 5.52 Å². The highest BCUT2D eigenvalue weighted by Crippen LogP contribution is 2.20. The highest BCUT2D eigenvalue weighted by atomic mass is 16.4. The Hall–Kier alpha value is -2.93. The van der Waals surface area contributed by atoms with Crippen molar-refractivity contribution in [2.75, 3.05) is 0 Å². The van der Waals surface area contributed by atoms with E-state index in [9.17, 15) is 9.59 Å². The molecule has 0 amide bonds. The average molecular weight is 312 g/mol. The van der Waals surface area contributed by atoms with E-state index in [1.807, 2.05) is 37.3 Å². The molecule has 2 heterocycles. The topological polar surface area (TPSA) is 103 Å². The third-order valence-electron chi connectivity index (χ3n) is 3.75. The molecule has 118 valence electrons. The number of aryl methyl sites for hydroxylation is 1. The SMILES string of the molecule is Cc1cc2ccccc2n1C(=O)n1cncc1CC(N)C(=O)O. The maximum atomic E-state index is 12.9. The predicted octanol–water partition coefficient (Wildman–Crippen LogP) is 1.62. The summed E-state index contributed by atoms with van der Waals surface area (Å²) in [6.07, 6.45) is 2.86. The standard InChI is InChI=1S/C16H16N4O3/c1-10-6-11-4-2-3-5-14(11)20(10)16(23)19-9-18-8-12(19)7-13(17)15(21)22/h2-6,8-9,13H,7,17H2,1H3,(H,21,22). The molecule has 1 unspecified atom stereocenters. The minimum absolute atomic E-state index is 0.0271. The normalized spacial score (nSPS) is 12.4. The number of aliphatic carboxylic acids is 1. The molecule has 0 saturated heterocycles. The second-order valence-electron chi connectivity index (χ2n) is 5.37. The van der Waals surface area contributed by atoms with E-state index >= 15 is 0 Å². The van der Waals surface area contributed by atoms with Crippen LogP contribution in [0.4, 0.5) is 4.79 Å². The second kappa shape index (κ2) is 5.69. The summed E-state index contributed by atoms with van der Waals surface area (Å²) in [6, 6.07) is 8.09. The summed E-state index contributed by atoms with van der Waals surface area (Å²) in [5.74, 6) is -1.12. The fraction of sp³-hybridized carbons (Fsp3) is 0.188. The number of carbonyl (C=O) groups excluding carboxylic acids is 1. The second-order valence-corrected chi connectivity index (χ2v) is 5.37. The third-order valence-corrected chi connectivity index (χ3v) is 3.75. The quantitative estimate of drug-likeness (QED) is 0.765. The Kier molecular flexibility index (Phi) is 3.71. The van der Waals surface area contributed by atoms with Gasteiger partial charge in [-0.25, -0.2) is 9.78 Å². The molecule has 0 radical (unpaired) electrons. The first-order valence-electron chi connectivity index (χ1n) is 7.10. The van der Waals surface area contributed by atoms with Gasteiger partial charge in [-0.1, -0.05) is 18.2 Å². The van der Waals surface area contributed by atoms with Gasteiger partial charge in [-0.2, -0.15) is 0 Å². The van der Waals surface area contributed by atoms with Crippen molar-refractivity contribution in [3.63, 3.8) is 0 Å². The minimum Gasteiger partial charge on any atom is -0.480 e. The molecular weight excluding hydrogens is 296 g/mol. The van der Waals surface area contributed by atoms with Crippen molar-refractivity contribution in [3.05, 3.63) is 54.2 Å². The molecular formula is C16H16N4O3. The number of rotatable bonds is 3. The number of aromatic nitrogens is 3. The van der Waals surface area contributed by atoms with Gasteiger partial charge in [-0.3, -0.25) is 13.9 Å². The molecule has 0 saturated carbocycles. The van der Waals surface area contributed by atoms with Crippen molar-refractivity contribution >= 4 is 22.9 Å². The summed E-state index contributed by atoms with van der Waals surface area (Å²) in [6.45, 7) is 1.84. The number of fused-ring (bicyclic) bond motifs is 1. The van der Waals surface area contributed by atoms with E-state index in [-0.39, 0.29) is 12.5 Å². The maximum absolute atomic E-state index is 12.9. The molecule has 1 aromatic carbocycles. The van der Waals surface area contributed by atoms with Gasteiger partial charge in [0.1, 0.15) is 12.4 Å². The van der Waals surface area contributed by atoms with Crippen molar-refractivity contribution < 1.29 is 14.7 Å². The van der Waals surface area contributed by atoms with Crippen LogP contribution in [0.25, 0.3) is 10.9 Å². The molecule has 7 nitrogen and oxygen atoms in total. The molecule has 0 aliphatic carbocycles. The van der Waals surface area contributed by atoms with E-state index in [1.165, 1.54) is 17.1 Å². The van der Waals surface area contributed by atoms with Crippen LogP contribution >= 0.6 is 0 Å². The highest BCUT2D eigenvalue weighted by Gasteiger charge is 2.20. The third kappa shape index (κ3) is 2.62. The van der Waals surface area contributed by atoms with Crippen LogP contribution in [0.15, 0.2) is 42.9 Å². The number of hydrogen-bond donors (Lipinski definition) is 2. The van der Waals surface area contributed by atoms with Crippen molar-refractivity contribution in [1.82, 2.24) is 14.1 Å². The van der Waals surface area contributed by atoms with Gasteiger partial charge in [0.15, 0.2) is 0 Å². The van der Waals surface area contributed by atoms with Crippen LogP contribution in [-0.4, -0.2) is 37.3 Å². The van der Waals surface area contributed by atoms with Crippen LogP contribution in [0.5, 0.6) is 0 Å². The number of carboxylic acid groups (broad SMARTS) is 1. The Bertz CT molecular complexity index is 894. The van der Waals surface area contributed by atoms with Crippen LogP contribution in [0.1, 0.15) is 11.4 Å². The Morgan fingerprint density at radius 2 is 2.09 bits per heavy atom.